The fourth-order valence-corrected chi connectivity index (χ4v) is 2.14. The summed E-state index contributed by atoms with van der Waals surface area (Å²) in [5.74, 6) is 0.552. The minimum atomic E-state index is -0.118. The van der Waals surface area contributed by atoms with Gasteiger partial charge in [0.15, 0.2) is 0 Å². The SMILES string of the molecule is CC(C)CNCC1(c2cccc(F)c2)CC1. The highest BCUT2D eigenvalue weighted by molar-refractivity contribution is 5.32. The molecule has 1 aliphatic rings. The Balaban J connectivity index is 1.97. The van der Waals surface area contributed by atoms with Gasteiger partial charge in [-0.1, -0.05) is 26.0 Å². The van der Waals surface area contributed by atoms with Crippen LogP contribution in [0.1, 0.15) is 32.3 Å². The first-order valence-corrected chi connectivity index (χ1v) is 6.09. The third-order valence-electron chi connectivity index (χ3n) is 3.31. The maximum atomic E-state index is 13.2. The summed E-state index contributed by atoms with van der Waals surface area (Å²) in [7, 11) is 0. The molecule has 1 saturated carbocycles. The molecule has 0 saturated heterocycles. The van der Waals surface area contributed by atoms with Crippen molar-refractivity contribution in [3.05, 3.63) is 35.6 Å². The number of hydrogen-bond donors (Lipinski definition) is 1. The van der Waals surface area contributed by atoms with Crippen LogP contribution in [-0.2, 0) is 5.41 Å². The molecule has 0 amide bonds. The van der Waals surface area contributed by atoms with E-state index in [0.29, 0.717) is 5.92 Å². The second-order valence-corrected chi connectivity index (χ2v) is 5.32. The van der Waals surface area contributed by atoms with Gasteiger partial charge < -0.3 is 5.32 Å². The van der Waals surface area contributed by atoms with Crippen LogP contribution < -0.4 is 5.32 Å². The predicted octanol–water partition coefficient (Wildman–Crippen LogP) is 3.10. The van der Waals surface area contributed by atoms with Crippen molar-refractivity contribution in [2.24, 2.45) is 5.92 Å². The molecule has 1 nitrogen and oxygen atoms in total. The van der Waals surface area contributed by atoms with Gasteiger partial charge in [0, 0.05) is 12.0 Å². The Hall–Kier alpha value is -0.890. The molecule has 0 heterocycles. The molecular formula is C14H20FN. The van der Waals surface area contributed by atoms with E-state index in [1.165, 1.54) is 18.9 Å². The van der Waals surface area contributed by atoms with Crippen LogP contribution in [0.4, 0.5) is 4.39 Å². The van der Waals surface area contributed by atoms with Gasteiger partial charge in [-0.3, -0.25) is 0 Å². The van der Waals surface area contributed by atoms with Crippen LogP contribution >= 0.6 is 0 Å². The summed E-state index contributed by atoms with van der Waals surface area (Å²) in [6, 6.07) is 7.06. The van der Waals surface area contributed by atoms with Crippen molar-refractivity contribution in [3.8, 4) is 0 Å². The van der Waals surface area contributed by atoms with E-state index >= 15 is 0 Å². The smallest absolute Gasteiger partial charge is 0.123 e. The Morgan fingerprint density at radius 1 is 1.38 bits per heavy atom. The number of halogens is 1. The molecule has 0 bridgehead atoms. The average Bonchev–Trinajstić information content (AvgIpc) is 2.98. The summed E-state index contributed by atoms with van der Waals surface area (Å²) in [5, 5.41) is 3.48. The van der Waals surface area contributed by atoms with Gasteiger partial charge in [-0.25, -0.2) is 4.39 Å². The molecule has 0 radical (unpaired) electrons. The van der Waals surface area contributed by atoms with E-state index in [2.05, 4.69) is 19.2 Å². The third-order valence-corrected chi connectivity index (χ3v) is 3.31. The van der Waals surface area contributed by atoms with Gasteiger partial charge in [-0.2, -0.15) is 0 Å². The highest BCUT2D eigenvalue weighted by Crippen LogP contribution is 2.47. The van der Waals surface area contributed by atoms with Crippen LogP contribution in [0.5, 0.6) is 0 Å². The Morgan fingerprint density at radius 3 is 2.69 bits per heavy atom. The lowest BCUT2D eigenvalue weighted by molar-refractivity contribution is 0.507. The normalized spacial score (nSPS) is 17.8. The molecule has 1 aromatic rings. The molecule has 0 atom stereocenters. The zero-order chi connectivity index (χ0) is 11.6. The van der Waals surface area contributed by atoms with Crippen LogP contribution in [0.25, 0.3) is 0 Å². The quantitative estimate of drug-likeness (QED) is 0.805. The Kier molecular flexibility index (Phi) is 3.29. The van der Waals surface area contributed by atoms with E-state index < -0.39 is 0 Å². The Morgan fingerprint density at radius 2 is 2.12 bits per heavy atom. The summed E-state index contributed by atoms with van der Waals surface area (Å²) in [6.07, 6.45) is 2.36. The fraction of sp³-hybridized carbons (Fsp3) is 0.571. The van der Waals surface area contributed by atoms with Crippen molar-refractivity contribution in [3.63, 3.8) is 0 Å². The summed E-state index contributed by atoms with van der Waals surface area (Å²) in [6.45, 7) is 6.43. The number of benzene rings is 1. The van der Waals surface area contributed by atoms with Crippen LogP contribution in [0.2, 0.25) is 0 Å². The zero-order valence-electron chi connectivity index (χ0n) is 10.1. The standard InChI is InChI=1S/C14H20FN/c1-11(2)9-16-10-14(6-7-14)12-4-3-5-13(15)8-12/h3-5,8,11,16H,6-7,9-10H2,1-2H3. The molecule has 1 N–H and O–H groups in total. The van der Waals surface area contributed by atoms with Gasteiger partial charge in [-0.05, 0) is 43.0 Å². The van der Waals surface area contributed by atoms with Crippen LogP contribution in [0, 0.1) is 11.7 Å². The largest absolute Gasteiger partial charge is 0.316 e. The predicted molar refractivity (Wildman–Crippen MR) is 65.0 cm³/mol. The second kappa shape index (κ2) is 4.54. The first-order valence-electron chi connectivity index (χ1n) is 6.09. The molecule has 2 rings (SSSR count). The van der Waals surface area contributed by atoms with E-state index in [9.17, 15) is 4.39 Å². The van der Waals surface area contributed by atoms with E-state index in [1.54, 1.807) is 6.07 Å². The van der Waals surface area contributed by atoms with E-state index in [1.807, 2.05) is 12.1 Å². The topological polar surface area (TPSA) is 12.0 Å². The second-order valence-electron chi connectivity index (χ2n) is 5.32. The van der Waals surface area contributed by atoms with Crippen molar-refractivity contribution < 1.29 is 4.39 Å². The molecule has 1 aromatic carbocycles. The van der Waals surface area contributed by atoms with Gasteiger partial charge >= 0.3 is 0 Å². The van der Waals surface area contributed by atoms with Crippen molar-refractivity contribution in [2.75, 3.05) is 13.1 Å². The number of nitrogens with one attached hydrogen (secondary N) is 1. The third kappa shape index (κ3) is 2.62. The highest BCUT2D eigenvalue weighted by atomic mass is 19.1. The number of hydrogen-bond acceptors (Lipinski definition) is 1. The molecule has 0 spiro atoms. The first kappa shape index (κ1) is 11.6. The van der Waals surface area contributed by atoms with Crippen molar-refractivity contribution in [2.45, 2.75) is 32.1 Å². The molecule has 16 heavy (non-hydrogen) atoms. The van der Waals surface area contributed by atoms with Gasteiger partial charge in [-0.15, -0.1) is 0 Å². The first-order chi connectivity index (χ1) is 7.62. The summed E-state index contributed by atoms with van der Waals surface area (Å²) < 4.78 is 13.2. The average molecular weight is 221 g/mol. The molecule has 2 heteroatoms. The molecule has 88 valence electrons. The van der Waals surface area contributed by atoms with E-state index in [4.69, 9.17) is 0 Å². The monoisotopic (exact) mass is 221 g/mol. The lowest BCUT2D eigenvalue weighted by Crippen LogP contribution is -2.29. The summed E-state index contributed by atoms with van der Waals surface area (Å²) in [5.41, 5.74) is 1.38. The molecule has 0 aromatic heterocycles. The number of rotatable bonds is 5. The minimum absolute atomic E-state index is 0.118. The van der Waals surface area contributed by atoms with Gasteiger partial charge in [0.2, 0.25) is 0 Å². The van der Waals surface area contributed by atoms with Crippen LogP contribution in [-0.4, -0.2) is 13.1 Å². The molecule has 1 fully saturated rings. The molecule has 0 aliphatic heterocycles. The zero-order valence-corrected chi connectivity index (χ0v) is 10.1. The molecule has 0 unspecified atom stereocenters. The molecule has 1 aliphatic carbocycles. The van der Waals surface area contributed by atoms with Crippen molar-refractivity contribution in [1.82, 2.24) is 5.32 Å². The summed E-state index contributed by atoms with van der Waals surface area (Å²) in [4.78, 5) is 0. The van der Waals surface area contributed by atoms with Gasteiger partial charge in [0.1, 0.15) is 5.82 Å². The van der Waals surface area contributed by atoms with E-state index in [-0.39, 0.29) is 11.2 Å². The van der Waals surface area contributed by atoms with Gasteiger partial charge in [0.25, 0.3) is 0 Å². The molecular weight excluding hydrogens is 201 g/mol. The summed E-state index contributed by atoms with van der Waals surface area (Å²) >= 11 is 0. The highest BCUT2D eigenvalue weighted by Gasteiger charge is 2.43. The maximum Gasteiger partial charge on any atom is 0.123 e. The maximum absolute atomic E-state index is 13.2. The fourth-order valence-electron chi connectivity index (χ4n) is 2.14. The Bertz CT molecular complexity index is 356. The van der Waals surface area contributed by atoms with Crippen molar-refractivity contribution >= 4 is 0 Å². The lowest BCUT2D eigenvalue weighted by Gasteiger charge is -2.17. The van der Waals surface area contributed by atoms with Crippen LogP contribution in [0.3, 0.4) is 0 Å². The van der Waals surface area contributed by atoms with Crippen molar-refractivity contribution in [1.29, 1.82) is 0 Å². The van der Waals surface area contributed by atoms with Crippen LogP contribution in [0.15, 0.2) is 24.3 Å². The van der Waals surface area contributed by atoms with E-state index in [0.717, 1.165) is 18.7 Å². The van der Waals surface area contributed by atoms with Gasteiger partial charge in [0.05, 0.1) is 0 Å². The Labute approximate surface area is 97.1 Å². The minimum Gasteiger partial charge on any atom is -0.316 e. The lowest BCUT2D eigenvalue weighted by atomic mass is 9.95.